The molecular formula is C55H38N2. The van der Waals surface area contributed by atoms with Gasteiger partial charge in [0.1, 0.15) is 0 Å². The molecule has 268 valence electrons. The van der Waals surface area contributed by atoms with E-state index in [4.69, 9.17) is 9.97 Å². The first-order chi connectivity index (χ1) is 28.0. The van der Waals surface area contributed by atoms with Crippen LogP contribution in [0.25, 0.3) is 99.6 Å². The fourth-order valence-electron chi connectivity index (χ4n) is 9.27. The Balaban J connectivity index is 1.12. The fraction of sp³-hybridized carbons (Fsp3) is 0.0545. The van der Waals surface area contributed by atoms with E-state index in [1.165, 1.54) is 71.4 Å². The van der Waals surface area contributed by atoms with Crippen molar-refractivity contribution in [2.45, 2.75) is 19.3 Å². The van der Waals surface area contributed by atoms with Crippen molar-refractivity contribution in [1.82, 2.24) is 9.97 Å². The first-order valence-electron chi connectivity index (χ1n) is 19.7. The van der Waals surface area contributed by atoms with E-state index in [1.54, 1.807) is 0 Å². The Hall–Kier alpha value is -7.16. The molecule has 9 aromatic carbocycles. The summed E-state index contributed by atoms with van der Waals surface area (Å²) in [5.41, 5.74) is 15.1. The van der Waals surface area contributed by atoms with Gasteiger partial charge in [0, 0.05) is 22.1 Å². The van der Waals surface area contributed by atoms with E-state index in [1.807, 2.05) is 0 Å². The number of hydrogen-bond acceptors (Lipinski definition) is 2. The Bertz CT molecular complexity index is 3190. The quantitative estimate of drug-likeness (QED) is 0.176. The maximum absolute atomic E-state index is 5.40. The van der Waals surface area contributed by atoms with E-state index < -0.39 is 0 Å². The van der Waals surface area contributed by atoms with E-state index in [9.17, 15) is 0 Å². The highest BCUT2D eigenvalue weighted by Gasteiger charge is 2.38. The molecule has 0 amide bonds. The van der Waals surface area contributed by atoms with Gasteiger partial charge in [0.2, 0.25) is 0 Å². The van der Waals surface area contributed by atoms with Gasteiger partial charge in [0.15, 0.2) is 5.82 Å². The normalized spacial score (nSPS) is 12.9. The molecule has 0 unspecified atom stereocenters. The second kappa shape index (κ2) is 13.0. The Morgan fingerprint density at radius 1 is 0.333 bits per heavy atom. The summed E-state index contributed by atoms with van der Waals surface area (Å²) >= 11 is 0. The van der Waals surface area contributed by atoms with Crippen LogP contribution in [0, 0.1) is 0 Å². The van der Waals surface area contributed by atoms with Crippen LogP contribution in [-0.2, 0) is 5.41 Å². The molecule has 1 aliphatic carbocycles. The summed E-state index contributed by atoms with van der Waals surface area (Å²) in [6, 6.07) is 70.0. The van der Waals surface area contributed by atoms with E-state index >= 15 is 0 Å². The Kier molecular flexibility index (Phi) is 7.55. The predicted octanol–water partition coefficient (Wildman–Crippen LogP) is 14.6. The van der Waals surface area contributed by atoms with Crippen LogP contribution < -0.4 is 0 Å². The van der Waals surface area contributed by atoms with Gasteiger partial charge in [0.25, 0.3) is 0 Å². The fourth-order valence-corrected chi connectivity index (χ4v) is 9.27. The van der Waals surface area contributed by atoms with E-state index in [-0.39, 0.29) is 5.41 Å². The van der Waals surface area contributed by atoms with Crippen LogP contribution in [0.4, 0.5) is 0 Å². The molecule has 1 aliphatic rings. The maximum atomic E-state index is 5.40. The average Bonchev–Trinajstić information content (AvgIpc) is 3.52. The summed E-state index contributed by atoms with van der Waals surface area (Å²) in [6.07, 6.45) is 0. The van der Waals surface area contributed by atoms with Crippen molar-refractivity contribution in [1.29, 1.82) is 0 Å². The molecule has 0 N–H and O–H groups in total. The Morgan fingerprint density at radius 3 is 1.67 bits per heavy atom. The maximum Gasteiger partial charge on any atom is 0.161 e. The van der Waals surface area contributed by atoms with E-state index in [0.29, 0.717) is 5.82 Å². The van der Waals surface area contributed by atoms with Crippen LogP contribution >= 0.6 is 0 Å². The average molecular weight is 727 g/mol. The van der Waals surface area contributed by atoms with Crippen molar-refractivity contribution in [2.24, 2.45) is 0 Å². The molecule has 1 heterocycles. The molecule has 0 bridgehead atoms. The van der Waals surface area contributed by atoms with Gasteiger partial charge >= 0.3 is 0 Å². The first-order valence-corrected chi connectivity index (χ1v) is 19.7. The summed E-state index contributed by atoms with van der Waals surface area (Å²) in [5, 5.41) is 7.24. The second-order valence-electron chi connectivity index (χ2n) is 15.7. The zero-order chi connectivity index (χ0) is 38.1. The second-order valence-corrected chi connectivity index (χ2v) is 15.7. The van der Waals surface area contributed by atoms with Gasteiger partial charge in [-0.1, -0.05) is 196 Å². The van der Waals surface area contributed by atoms with Crippen LogP contribution in [0.2, 0.25) is 0 Å². The van der Waals surface area contributed by atoms with Gasteiger partial charge < -0.3 is 0 Å². The molecule has 0 saturated heterocycles. The molecule has 0 aliphatic heterocycles. The highest BCUT2D eigenvalue weighted by Crippen LogP contribution is 2.55. The lowest BCUT2D eigenvalue weighted by atomic mass is 9.81. The topological polar surface area (TPSA) is 25.8 Å². The highest BCUT2D eigenvalue weighted by molar-refractivity contribution is 6.11. The van der Waals surface area contributed by atoms with Crippen molar-refractivity contribution in [3.8, 4) is 67.3 Å². The molecule has 0 atom stereocenters. The van der Waals surface area contributed by atoms with Gasteiger partial charge in [-0.3, -0.25) is 0 Å². The third-order valence-corrected chi connectivity index (χ3v) is 12.1. The molecule has 10 aromatic rings. The summed E-state index contributed by atoms with van der Waals surface area (Å²) in [6.45, 7) is 4.73. The van der Waals surface area contributed by atoms with Gasteiger partial charge in [-0.05, 0) is 89.0 Å². The molecule has 0 radical (unpaired) electrons. The smallest absolute Gasteiger partial charge is 0.161 e. The number of benzene rings is 9. The van der Waals surface area contributed by atoms with Gasteiger partial charge in [0.05, 0.1) is 11.4 Å². The molecule has 11 rings (SSSR count). The highest BCUT2D eigenvalue weighted by atomic mass is 14.9. The lowest BCUT2D eigenvalue weighted by Gasteiger charge is -2.22. The molecule has 57 heavy (non-hydrogen) atoms. The van der Waals surface area contributed by atoms with Gasteiger partial charge in [-0.15, -0.1) is 0 Å². The van der Waals surface area contributed by atoms with Crippen LogP contribution in [0.3, 0.4) is 0 Å². The van der Waals surface area contributed by atoms with Crippen molar-refractivity contribution in [3.63, 3.8) is 0 Å². The van der Waals surface area contributed by atoms with Crippen molar-refractivity contribution < 1.29 is 0 Å². The number of hydrogen-bond donors (Lipinski definition) is 0. The lowest BCUT2D eigenvalue weighted by Crippen LogP contribution is -2.14. The molecule has 2 nitrogen and oxygen atoms in total. The van der Waals surface area contributed by atoms with Crippen LogP contribution in [-0.4, -0.2) is 9.97 Å². The molecular weight excluding hydrogens is 689 g/mol. The minimum absolute atomic E-state index is 0.119. The summed E-state index contributed by atoms with van der Waals surface area (Å²) in [4.78, 5) is 10.8. The van der Waals surface area contributed by atoms with Crippen molar-refractivity contribution >= 4 is 32.3 Å². The van der Waals surface area contributed by atoms with Crippen LogP contribution in [0.1, 0.15) is 25.0 Å². The predicted molar refractivity (Wildman–Crippen MR) is 239 cm³/mol. The van der Waals surface area contributed by atoms with Crippen molar-refractivity contribution in [2.75, 3.05) is 0 Å². The largest absolute Gasteiger partial charge is 0.228 e. The van der Waals surface area contributed by atoms with E-state index in [2.05, 4.69) is 208 Å². The lowest BCUT2D eigenvalue weighted by molar-refractivity contribution is 0.661. The van der Waals surface area contributed by atoms with E-state index in [0.717, 1.165) is 33.5 Å². The van der Waals surface area contributed by atoms with Crippen LogP contribution in [0.15, 0.2) is 194 Å². The molecule has 1 aromatic heterocycles. The molecule has 0 fully saturated rings. The van der Waals surface area contributed by atoms with Crippen LogP contribution in [0.5, 0.6) is 0 Å². The number of rotatable bonds is 5. The molecule has 0 spiro atoms. The molecule has 2 heteroatoms. The van der Waals surface area contributed by atoms with Crippen molar-refractivity contribution in [3.05, 3.63) is 205 Å². The summed E-state index contributed by atoms with van der Waals surface area (Å²) < 4.78 is 0. The molecule has 0 saturated carbocycles. The zero-order valence-corrected chi connectivity index (χ0v) is 31.9. The third kappa shape index (κ3) is 5.33. The van der Waals surface area contributed by atoms with Gasteiger partial charge in [-0.25, -0.2) is 9.97 Å². The third-order valence-electron chi connectivity index (χ3n) is 12.1. The first kappa shape index (κ1) is 33.2. The minimum Gasteiger partial charge on any atom is -0.228 e. The van der Waals surface area contributed by atoms with Gasteiger partial charge in [-0.2, -0.15) is 0 Å². The number of fused-ring (bicyclic) bond motifs is 7. The number of aromatic nitrogens is 2. The monoisotopic (exact) mass is 726 g/mol. The Morgan fingerprint density at radius 2 is 0.877 bits per heavy atom. The SMILES string of the molecule is CC1(C)c2cccc(-c3ccc(-c4nc(-c5ccc(-c6ccccc6)cc5)cc(-c5cccc6ccccc56)n4)c4ccccc34)c2-c2c1ccc1ccccc21. The minimum atomic E-state index is -0.119. The Labute approximate surface area is 332 Å². The number of nitrogens with zero attached hydrogens (tertiary/aromatic N) is 2. The standard InChI is InChI=1S/C55H38N2/c1-55(2)48-25-13-24-46(53(48)52-41-20-9-7-17-38(41)30-33-49(52)55)44-31-32-47(43-22-11-10-21-42(43)44)54-56-50(39-28-26-36(27-29-39)35-14-4-3-5-15-35)34-51(57-54)45-23-12-18-37-16-6-8-19-40(37)45/h3-34H,1-2H3. The summed E-state index contributed by atoms with van der Waals surface area (Å²) in [7, 11) is 0. The zero-order valence-electron chi connectivity index (χ0n) is 31.9. The summed E-state index contributed by atoms with van der Waals surface area (Å²) in [5.74, 6) is 0.709.